The monoisotopic (exact) mass is 237 g/mol. The molecule has 1 aliphatic heterocycles. The molecule has 0 saturated carbocycles. The Bertz CT molecular complexity index is 411. The molecule has 1 aromatic heterocycles. The Morgan fingerprint density at radius 2 is 2.41 bits per heavy atom. The highest BCUT2D eigenvalue weighted by atomic mass is 16.5. The average Bonchev–Trinajstić information content (AvgIpc) is 2.38. The molecule has 1 unspecified atom stereocenters. The van der Waals surface area contributed by atoms with Gasteiger partial charge in [-0.15, -0.1) is 0 Å². The van der Waals surface area contributed by atoms with E-state index in [1.807, 2.05) is 17.9 Å². The summed E-state index contributed by atoms with van der Waals surface area (Å²) in [5, 5.41) is 0. The number of aromatic nitrogens is 2. The molecule has 6 nitrogen and oxygen atoms in total. The molecule has 1 aromatic rings. The molecule has 0 radical (unpaired) electrons. The molecule has 0 amide bonds. The van der Waals surface area contributed by atoms with Crippen LogP contribution in [0.25, 0.3) is 0 Å². The van der Waals surface area contributed by atoms with Gasteiger partial charge in [-0.2, -0.15) is 0 Å². The van der Waals surface area contributed by atoms with Crippen molar-refractivity contribution in [3.8, 4) is 0 Å². The Kier molecular flexibility index (Phi) is 3.53. The summed E-state index contributed by atoms with van der Waals surface area (Å²) in [5.74, 6) is 0.428. The van der Waals surface area contributed by atoms with E-state index in [1.54, 1.807) is 0 Å². The molecule has 1 atom stereocenters. The fraction of sp³-hybridized carbons (Fsp3) is 0.545. The van der Waals surface area contributed by atoms with Crippen molar-refractivity contribution in [2.45, 2.75) is 13.0 Å². The molecule has 1 saturated heterocycles. The summed E-state index contributed by atoms with van der Waals surface area (Å²) in [6.45, 7) is 3.42. The smallest absolute Gasteiger partial charge is 0.330 e. The second-order valence-electron chi connectivity index (χ2n) is 3.82. The molecule has 0 aromatic carbocycles. The van der Waals surface area contributed by atoms with Crippen LogP contribution in [-0.4, -0.2) is 48.8 Å². The van der Waals surface area contributed by atoms with Gasteiger partial charge >= 0.3 is 5.97 Å². The zero-order chi connectivity index (χ0) is 12.3. The second kappa shape index (κ2) is 5.09. The summed E-state index contributed by atoms with van der Waals surface area (Å²) < 4.78 is 10.1. The number of ether oxygens (including phenoxy) is 2. The molecule has 17 heavy (non-hydrogen) atoms. The molecule has 0 N–H and O–H groups in total. The normalized spacial score (nSPS) is 20.1. The molecule has 2 heterocycles. The lowest BCUT2D eigenvalue weighted by atomic mass is 10.2. The number of aryl methyl sites for hydroxylation is 1. The minimum atomic E-state index is -0.428. The van der Waals surface area contributed by atoms with Crippen molar-refractivity contribution in [3.05, 3.63) is 18.1 Å². The highest BCUT2D eigenvalue weighted by molar-refractivity contribution is 5.80. The highest BCUT2D eigenvalue weighted by Crippen LogP contribution is 2.18. The maximum absolute atomic E-state index is 11.6. The molecule has 1 aliphatic rings. The molecule has 6 heteroatoms. The van der Waals surface area contributed by atoms with Crippen LogP contribution in [0.15, 0.2) is 12.4 Å². The van der Waals surface area contributed by atoms with E-state index < -0.39 is 6.04 Å². The number of rotatable bonds is 2. The summed E-state index contributed by atoms with van der Waals surface area (Å²) in [6.07, 6.45) is 1.49. The molecular weight excluding hydrogens is 222 g/mol. The third kappa shape index (κ3) is 2.52. The molecule has 0 spiro atoms. The maximum Gasteiger partial charge on any atom is 0.330 e. The van der Waals surface area contributed by atoms with E-state index in [9.17, 15) is 4.79 Å². The van der Waals surface area contributed by atoms with Gasteiger partial charge in [-0.05, 0) is 6.92 Å². The van der Waals surface area contributed by atoms with Gasteiger partial charge in [0.2, 0.25) is 0 Å². The van der Waals surface area contributed by atoms with Crippen molar-refractivity contribution >= 4 is 11.8 Å². The van der Waals surface area contributed by atoms with Gasteiger partial charge in [0.1, 0.15) is 12.1 Å². The van der Waals surface area contributed by atoms with Crippen LogP contribution in [0.4, 0.5) is 5.82 Å². The van der Waals surface area contributed by atoms with E-state index in [4.69, 9.17) is 9.47 Å². The lowest BCUT2D eigenvalue weighted by Crippen LogP contribution is -2.51. The first-order chi connectivity index (χ1) is 8.22. The minimum absolute atomic E-state index is 0.305. The molecule has 2 rings (SSSR count). The molecule has 1 fully saturated rings. The molecule has 0 bridgehead atoms. The standard InChI is InChI=1S/C11H15N3O3/c1-8-5-10(13-7-12-8)14-3-4-17-6-9(14)11(15)16-2/h5,7,9H,3-4,6H2,1-2H3. The van der Waals surface area contributed by atoms with Crippen LogP contribution in [-0.2, 0) is 14.3 Å². The number of nitrogens with zero attached hydrogens (tertiary/aromatic N) is 3. The zero-order valence-corrected chi connectivity index (χ0v) is 9.92. The molecular formula is C11H15N3O3. The number of morpholine rings is 1. The molecule has 92 valence electrons. The van der Waals surface area contributed by atoms with Crippen LogP contribution in [0.2, 0.25) is 0 Å². The number of anilines is 1. The Morgan fingerprint density at radius 3 is 3.12 bits per heavy atom. The Hall–Kier alpha value is -1.69. The number of carbonyl (C=O) groups excluding carboxylic acids is 1. The predicted octanol–water partition coefficient (Wildman–Crippen LogP) is 0.163. The number of hydrogen-bond donors (Lipinski definition) is 0. The Balaban J connectivity index is 2.24. The number of hydrogen-bond acceptors (Lipinski definition) is 6. The van der Waals surface area contributed by atoms with E-state index in [2.05, 4.69) is 9.97 Å². The van der Waals surface area contributed by atoms with Crippen LogP contribution < -0.4 is 4.90 Å². The first-order valence-corrected chi connectivity index (χ1v) is 5.43. The predicted molar refractivity (Wildman–Crippen MR) is 60.7 cm³/mol. The van der Waals surface area contributed by atoms with Gasteiger partial charge in [0.05, 0.1) is 20.3 Å². The van der Waals surface area contributed by atoms with Crippen LogP contribution in [0.5, 0.6) is 0 Å². The van der Waals surface area contributed by atoms with Crippen molar-refractivity contribution in [3.63, 3.8) is 0 Å². The lowest BCUT2D eigenvalue weighted by molar-refractivity contribution is -0.144. The number of methoxy groups -OCH3 is 1. The highest BCUT2D eigenvalue weighted by Gasteiger charge is 2.31. The Morgan fingerprint density at radius 1 is 1.59 bits per heavy atom. The third-order valence-electron chi connectivity index (χ3n) is 2.69. The Labute approximate surface area is 99.6 Å². The van der Waals surface area contributed by atoms with Gasteiger partial charge in [0.15, 0.2) is 6.04 Å². The van der Waals surface area contributed by atoms with Crippen LogP contribution in [0.1, 0.15) is 5.69 Å². The van der Waals surface area contributed by atoms with E-state index in [0.29, 0.717) is 19.8 Å². The first kappa shape index (κ1) is 11.8. The largest absolute Gasteiger partial charge is 0.467 e. The van der Waals surface area contributed by atoms with Crippen molar-refractivity contribution in [2.24, 2.45) is 0 Å². The quantitative estimate of drug-likeness (QED) is 0.683. The van der Waals surface area contributed by atoms with E-state index in [-0.39, 0.29) is 5.97 Å². The summed E-state index contributed by atoms with van der Waals surface area (Å²) in [7, 11) is 1.38. The van der Waals surface area contributed by atoms with Crippen molar-refractivity contribution in [2.75, 3.05) is 31.8 Å². The van der Waals surface area contributed by atoms with Crippen molar-refractivity contribution in [1.82, 2.24) is 9.97 Å². The van der Waals surface area contributed by atoms with Gasteiger partial charge in [-0.25, -0.2) is 14.8 Å². The number of carbonyl (C=O) groups is 1. The second-order valence-corrected chi connectivity index (χ2v) is 3.82. The van der Waals surface area contributed by atoms with Gasteiger partial charge in [0, 0.05) is 18.3 Å². The van der Waals surface area contributed by atoms with E-state index >= 15 is 0 Å². The van der Waals surface area contributed by atoms with Gasteiger partial charge in [0.25, 0.3) is 0 Å². The fourth-order valence-corrected chi connectivity index (χ4v) is 1.81. The summed E-state index contributed by atoms with van der Waals surface area (Å²) in [6, 6.07) is 1.42. The van der Waals surface area contributed by atoms with Gasteiger partial charge < -0.3 is 14.4 Å². The topological polar surface area (TPSA) is 64.6 Å². The van der Waals surface area contributed by atoms with Crippen molar-refractivity contribution in [1.29, 1.82) is 0 Å². The van der Waals surface area contributed by atoms with E-state index in [0.717, 1.165) is 11.5 Å². The SMILES string of the molecule is COC(=O)C1COCCN1c1cc(C)ncn1. The van der Waals surface area contributed by atoms with Crippen molar-refractivity contribution < 1.29 is 14.3 Å². The van der Waals surface area contributed by atoms with Crippen LogP contribution in [0, 0.1) is 6.92 Å². The third-order valence-corrected chi connectivity index (χ3v) is 2.69. The lowest BCUT2D eigenvalue weighted by Gasteiger charge is -2.34. The van der Waals surface area contributed by atoms with Gasteiger partial charge in [-0.1, -0.05) is 0 Å². The summed E-state index contributed by atoms with van der Waals surface area (Å²) >= 11 is 0. The average molecular weight is 237 g/mol. The summed E-state index contributed by atoms with van der Waals surface area (Å²) in [4.78, 5) is 21.8. The molecule has 0 aliphatic carbocycles. The summed E-state index contributed by atoms with van der Waals surface area (Å²) in [5.41, 5.74) is 0.866. The number of esters is 1. The maximum atomic E-state index is 11.6. The van der Waals surface area contributed by atoms with E-state index in [1.165, 1.54) is 13.4 Å². The minimum Gasteiger partial charge on any atom is -0.467 e. The van der Waals surface area contributed by atoms with Gasteiger partial charge in [-0.3, -0.25) is 0 Å². The first-order valence-electron chi connectivity index (χ1n) is 5.43. The zero-order valence-electron chi connectivity index (χ0n) is 9.92. The van der Waals surface area contributed by atoms with Crippen LogP contribution >= 0.6 is 0 Å². The van der Waals surface area contributed by atoms with Crippen LogP contribution in [0.3, 0.4) is 0 Å². The fourth-order valence-electron chi connectivity index (χ4n) is 1.81.